The quantitative estimate of drug-likeness (QED) is 0.689. The molecule has 156 valence electrons. The second-order valence-corrected chi connectivity index (χ2v) is 8.64. The summed E-state index contributed by atoms with van der Waals surface area (Å²) in [5, 5.41) is 14.5. The van der Waals surface area contributed by atoms with Crippen molar-refractivity contribution in [1.29, 1.82) is 0 Å². The molecule has 1 amide bonds. The number of amides is 1. The maximum absolute atomic E-state index is 12.8. The van der Waals surface area contributed by atoms with Crippen LogP contribution in [0.2, 0.25) is 0 Å². The number of nitrogens with zero attached hydrogens (tertiary/aromatic N) is 4. The topological polar surface area (TPSA) is 78.7 Å². The van der Waals surface area contributed by atoms with Crippen LogP contribution in [0.3, 0.4) is 0 Å². The minimum atomic E-state index is -0.795. The zero-order valence-corrected chi connectivity index (χ0v) is 17.7. The van der Waals surface area contributed by atoms with Gasteiger partial charge in [0.25, 0.3) is 0 Å². The second-order valence-electron chi connectivity index (χ2n) is 8.64. The highest BCUT2D eigenvalue weighted by molar-refractivity contribution is 5.81. The fraction of sp³-hybridized carbons (Fsp3) is 0.762. The van der Waals surface area contributed by atoms with Crippen molar-refractivity contribution >= 4 is 11.9 Å². The molecular weight excluding hydrogens is 356 g/mol. The van der Waals surface area contributed by atoms with Crippen molar-refractivity contribution in [1.82, 2.24) is 19.6 Å². The van der Waals surface area contributed by atoms with Gasteiger partial charge in [0.1, 0.15) is 5.41 Å². The Balaban J connectivity index is 1.59. The summed E-state index contributed by atoms with van der Waals surface area (Å²) in [6.45, 7) is 12.0. The molecule has 7 nitrogen and oxygen atoms in total. The molecule has 0 bridgehead atoms. The zero-order valence-electron chi connectivity index (χ0n) is 17.7. The summed E-state index contributed by atoms with van der Waals surface area (Å²) in [5.74, 6) is -0.677. The first-order valence-electron chi connectivity index (χ1n) is 10.5. The maximum Gasteiger partial charge on any atom is 0.313 e. The largest absolute Gasteiger partial charge is 0.481 e. The molecule has 0 unspecified atom stereocenters. The predicted octanol–water partition coefficient (Wildman–Crippen LogP) is 2.23. The van der Waals surface area contributed by atoms with Gasteiger partial charge in [-0.25, -0.2) is 0 Å². The number of fused-ring (bicyclic) bond motifs is 1. The summed E-state index contributed by atoms with van der Waals surface area (Å²) in [6.07, 6.45) is 3.82. The highest BCUT2D eigenvalue weighted by Gasteiger charge is 2.58. The number of aromatic nitrogens is 2. The molecule has 7 heteroatoms. The van der Waals surface area contributed by atoms with Crippen LogP contribution >= 0.6 is 0 Å². The molecule has 2 atom stereocenters. The number of carbonyl (C=O) groups excluding carboxylic acids is 1. The van der Waals surface area contributed by atoms with Crippen molar-refractivity contribution < 1.29 is 14.7 Å². The van der Waals surface area contributed by atoms with Crippen LogP contribution < -0.4 is 0 Å². The molecule has 2 aliphatic rings. The standard InChI is InChI=1S/C21H34N4O3/c1-5-6-7-9-23-11-18-12-24(14-21(18,13-23)20(27)28)19(26)8-10-25-17(4)15(2)16(3)22-25/h18H,5-14H2,1-4H3,(H,27,28)/t18-,21-/m0/s1. The SMILES string of the molecule is CCCCCN1C[C@H]2CN(C(=O)CCn3nc(C)c(C)c3C)C[C@@]2(C(=O)O)C1. The number of unbranched alkanes of at least 4 members (excludes halogenated alkanes) is 2. The molecular formula is C21H34N4O3. The fourth-order valence-electron chi connectivity index (χ4n) is 4.78. The number of carboxylic acids is 1. The molecule has 0 spiro atoms. The van der Waals surface area contributed by atoms with Gasteiger partial charge in [-0.1, -0.05) is 19.8 Å². The Morgan fingerprint density at radius 1 is 1.14 bits per heavy atom. The Labute approximate surface area is 167 Å². The number of hydrogen-bond acceptors (Lipinski definition) is 4. The van der Waals surface area contributed by atoms with Crippen LogP contribution in [-0.4, -0.2) is 69.3 Å². The summed E-state index contributed by atoms with van der Waals surface area (Å²) in [5.41, 5.74) is 2.45. The third-order valence-corrected chi connectivity index (χ3v) is 6.82. The van der Waals surface area contributed by atoms with Crippen molar-refractivity contribution in [2.24, 2.45) is 11.3 Å². The first-order valence-corrected chi connectivity index (χ1v) is 10.5. The molecule has 3 rings (SSSR count). The van der Waals surface area contributed by atoms with Crippen LogP contribution in [0.25, 0.3) is 0 Å². The molecule has 2 fully saturated rings. The Hall–Kier alpha value is -1.89. The third kappa shape index (κ3) is 3.81. The Kier molecular flexibility index (Phi) is 6.12. The van der Waals surface area contributed by atoms with E-state index in [9.17, 15) is 14.7 Å². The number of aryl methyl sites for hydroxylation is 2. The number of rotatable bonds is 8. The van der Waals surface area contributed by atoms with Gasteiger partial charge in [-0.2, -0.15) is 5.10 Å². The molecule has 2 aliphatic heterocycles. The normalized spacial score (nSPS) is 24.7. The lowest BCUT2D eigenvalue weighted by molar-refractivity contribution is -0.149. The monoisotopic (exact) mass is 390 g/mol. The van der Waals surface area contributed by atoms with Crippen molar-refractivity contribution in [3.8, 4) is 0 Å². The Morgan fingerprint density at radius 2 is 1.89 bits per heavy atom. The van der Waals surface area contributed by atoms with Crippen LogP contribution in [-0.2, 0) is 16.1 Å². The van der Waals surface area contributed by atoms with Gasteiger partial charge in [0.05, 0.1) is 5.69 Å². The first-order chi connectivity index (χ1) is 13.3. The molecule has 0 aromatic carbocycles. The van der Waals surface area contributed by atoms with Crippen molar-refractivity contribution in [2.45, 2.75) is 59.9 Å². The van der Waals surface area contributed by atoms with E-state index in [0.717, 1.165) is 36.5 Å². The van der Waals surface area contributed by atoms with Gasteiger partial charge in [0, 0.05) is 50.8 Å². The lowest BCUT2D eigenvalue weighted by atomic mass is 9.81. The summed E-state index contributed by atoms with van der Waals surface area (Å²) < 4.78 is 1.89. The molecule has 3 heterocycles. The Morgan fingerprint density at radius 3 is 2.46 bits per heavy atom. The lowest BCUT2D eigenvalue weighted by Crippen LogP contribution is -2.42. The summed E-state index contributed by atoms with van der Waals surface area (Å²) in [4.78, 5) is 29.0. The third-order valence-electron chi connectivity index (χ3n) is 6.82. The number of carbonyl (C=O) groups is 2. The van der Waals surface area contributed by atoms with E-state index in [0.29, 0.717) is 32.6 Å². The first kappa shape index (κ1) is 20.8. The lowest BCUT2D eigenvalue weighted by Gasteiger charge is -2.25. The summed E-state index contributed by atoms with van der Waals surface area (Å²) >= 11 is 0. The van der Waals surface area contributed by atoms with Gasteiger partial charge in [0.2, 0.25) is 5.91 Å². The maximum atomic E-state index is 12.8. The Bertz CT molecular complexity index is 744. The predicted molar refractivity (Wildman–Crippen MR) is 107 cm³/mol. The van der Waals surface area contributed by atoms with Crippen LogP contribution in [0.4, 0.5) is 0 Å². The van der Waals surface area contributed by atoms with Crippen molar-refractivity contribution in [2.75, 3.05) is 32.7 Å². The van der Waals surface area contributed by atoms with Crippen LogP contribution in [0.15, 0.2) is 0 Å². The van der Waals surface area contributed by atoms with E-state index in [1.807, 2.05) is 25.5 Å². The van der Waals surface area contributed by atoms with E-state index >= 15 is 0 Å². The van der Waals surface area contributed by atoms with E-state index < -0.39 is 11.4 Å². The number of aliphatic carboxylic acids is 1. The molecule has 1 aromatic rings. The molecule has 2 saturated heterocycles. The number of carboxylic acid groups (broad SMARTS) is 1. The summed E-state index contributed by atoms with van der Waals surface area (Å²) in [6, 6.07) is 0. The van der Waals surface area contributed by atoms with E-state index in [4.69, 9.17) is 0 Å². The van der Waals surface area contributed by atoms with Crippen molar-refractivity contribution in [3.63, 3.8) is 0 Å². The van der Waals surface area contributed by atoms with Gasteiger partial charge in [0.15, 0.2) is 0 Å². The molecule has 0 aliphatic carbocycles. The average Bonchev–Trinajstić information content (AvgIpc) is 3.25. The smallest absolute Gasteiger partial charge is 0.313 e. The average molecular weight is 391 g/mol. The fourth-order valence-corrected chi connectivity index (χ4v) is 4.78. The molecule has 1 N–H and O–H groups in total. The van der Waals surface area contributed by atoms with Crippen LogP contribution in [0.1, 0.15) is 49.6 Å². The van der Waals surface area contributed by atoms with Gasteiger partial charge in [-0.15, -0.1) is 0 Å². The van der Waals surface area contributed by atoms with Gasteiger partial charge in [-0.3, -0.25) is 14.3 Å². The number of likely N-dealkylation sites (tertiary alicyclic amines) is 2. The highest BCUT2D eigenvalue weighted by Crippen LogP contribution is 2.43. The minimum absolute atomic E-state index is 0.0338. The molecule has 1 aromatic heterocycles. The summed E-state index contributed by atoms with van der Waals surface area (Å²) in [7, 11) is 0. The van der Waals surface area contributed by atoms with Crippen LogP contribution in [0, 0.1) is 32.1 Å². The molecule has 0 radical (unpaired) electrons. The van der Waals surface area contributed by atoms with Crippen molar-refractivity contribution in [3.05, 3.63) is 17.0 Å². The molecule has 0 saturated carbocycles. The van der Waals surface area contributed by atoms with E-state index in [1.165, 1.54) is 12.8 Å². The van der Waals surface area contributed by atoms with E-state index in [1.54, 1.807) is 4.90 Å². The van der Waals surface area contributed by atoms with Gasteiger partial charge < -0.3 is 14.9 Å². The van der Waals surface area contributed by atoms with Gasteiger partial charge in [-0.05, 0) is 39.3 Å². The van der Waals surface area contributed by atoms with E-state index in [-0.39, 0.29) is 11.8 Å². The minimum Gasteiger partial charge on any atom is -0.481 e. The van der Waals surface area contributed by atoms with Crippen LogP contribution in [0.5, 0.6) is 0 Å². The highest BCUT2D eigenvalue weighted by atomic mass is 16.4. The number of hydrogen-bond donors (Lipinski definition) is 1. The van der Waals surface area contributed by atoms with Gasteiger partial charge >= 0.3 is 5.97 Å². The molecule has 28 heavy (non-hydrogen) atoms. The van der Waals surface area contributed by atoms with E-state index in [2.05, 4.69) is 16.9 Å². The zero-order chi connectivity index (χ0) is 20.5. The second kappa shape index (κ2) is 8.23.